The van der Waals surface area contributed by atoms with Crippen molar-refractivity contribution in [3.8, 4) is 11.1 Å². The third kappa shape index (κ3) is 5.16. The number of hydrogen-bond donors (Lipinski definition) is 1. The molecule has 0 bridgehead atoms. The third-order valence-corrected chi connectivity index (χ3v) is 7.26. The summed E-state index contributed by atoms with van der Waals surface area (Å²) in [5, 5.41) is 0.473. The van der Waals surface area contributed by atoms with Gasteiger partial charge < -0.3 is 5.73 Å². The molecule has 3 aromatic rings. The van der Waals surface area contributed by atoms with Crippen LogP contribution in [-0.2, 0) is 0 Å². The van der Waals surface area contributed by atoms with Gasteiger partial charge in [0.2, 0.25) is 5.91 Å². The summed E-state index contributed by atoms with van der Waals surface area (Å²) in [6, 6.07) is 10.8. The van der Waals surface area contributed by atoms with E-state index in [2.05, 4.69) is 4.98 Å². The number of anilines is 1. The first-order chi connectivity index (χ1) is 15.8. The maximum Gasteiger partial charge on any atom is 0.263 e. The van der Waals surface area contributed by atoms with Gasteiger partial charge in [0.1, 0.15) is 11.6 Å². The second kappa shape index (κ2) is 9.71. The standard InChI is InChI=1S/C24H20Cl2FN3O2S/c1-30(24(32)21-18(26)3-2-4-19(21)27)23-20(33-12-13-5-6-13)10-15(11-29-23)16-9-14(22(28)31)7-8-17(16)25/h2-4,7-11,13H,5-6,12H2,1H3,(H2,28,31). The van der Waals surface area contributed by atoms with Gasteiger partial charge in [-0.3, -0.25) is 14.5 Å². The molecule has 170 valence electrons. The van der Waals surface area contributed by atoms with Gasteiger partial charge in [-0.15, -0.1) is 11.8 Å². The Morgan fingerprint density at radius 3 is 2.61 bits per heavy atom. The number of rotatable bonds is 7. The smallest absolute Gasteiger partial charge is 0.263 e. The molecule has 1 aromatic heterocycles. The number of carbonyl (C=O) groups is 2. The molecule has 1 aliphatic rings. The molecule has 1 fully saturated rings. The van der Waals surface area contributed by atoms with Crippen LogP contribution in [0, 0.1) is 11.7 Å². The van der Waals surface area contributed by atoms with Crippen LogP contribution in [0.15, 0.2) is 53.6 Å². The van der Waals surface area contributed by atoms with E-state index in [4.69, 9.17) is 28.9 Å². The van der Waals surface area contributed by atoms with E-state index in [9.17, 15) is 14.0 Å². The Balaban J connectivity index is 1.75. The molecule has 0 unspecified atom stereocenters. The summed E-state index contributed by atoms with van der Waals surface area (Å²) in [4.78, 5) is 31.3. The van der Waals surface area contributed by atoms with Gasteiger partial charge in [0, 0.05) is 40.7 Å². The molecule has 0 radical (unpaired) electrons. The Bertz CT molecular complexity index is 1230. The number of nitrogens with zero attached hydrogens (tertiary/aromatic N) is 2. The number of pyridine rings is 1. The highest BCUT2D eigenvalue weighted by Gasteiger charge is 2.26. The van der Waals surface area contributed by atoms with Gasteiger partial charge in [0.25, 0.3) is 5.91 Å². The van der Waals surface area contributed by atoms with Gasteiger partial charge in [-0.1, -0.05) is 29.3 Å². The Morgan fingerprint density at radius 1 is 1.18 bits per heavy atom. The van der Waals surface area contributed by atoms with Crippen LogP contribution in [0.5, 0.6) is 0 Å². The lowest BCUT2D eigenvalue weighted by Gasteiger charge is -2.21. The maximum atomic E-state index is 14.4. The highest BCUT2D eigenvalue weighted by molar-refractivity contribution is 7.99. The Hall–Kier alpha value is -2.61. The molecule has 5 nitrogen and oxygen atoms in total. The predicted octanol–water partition coefficient (Wildman–Crippen LogP) is 6.07. The molecule has 1 aliphatic carbocycles. The van der Waals surface area contributed by atoms with Crippen LogP contribution in [0.2, 0.25) is 10.0 Å². The lowest BCUT2D eigenvalue weighted by Crippen LogP contribution is -2.29. The molecule has 2 amide bonds. The summed E-state index contributed by atoms with van der Waals surface area (Å²) in [5.74, 6) is 0.0214. The molecule has 0 atom stereocenters. The quantitative estimate of drug-likeness (QED) is 0.396. The molecule has 1 saturated carbocycles. The van der Waals surface area contributed by atoms with Gasteiger partial charge in [0.05, 0.1) is 15.5 Å². The van der Waals surface area contributed by atoms with Crippen molar-refractivity contribution in [1.82, 2.24) is 4.98 Å². The van der Waals surface area contributed by atoms with E-state index in [1.54, 1.807) is 36.2 Å². The van der Waals surface area contributed by atoms with Crippen LogP contribution in [0.4, 0.5) is 10.2 Å². The SMILES string of the molecule is CN(C(=O)c1c(F)cccc1Cl)c1ncc(-c2cc(C(N)=O)ccc2Cl)cc1SCC1CC1. The van der Waals surface area contributed by atoms with E-state index in [1.165, 1.54) is 43.0 Å². The van der Waals surface area contributed by atoms with Gasteiger partial charge in [-0.05, 0) is 55.2 Å². The second-order valence-electron chi connectivity index (χ2n) is 7.82. The molecular weight excluding hydrogens is 484 g/mol. The molecule has 0 aliphatic heterocycles. The minimum Gasteiger partial charge on any atom is -0.366 e. The number of hydrogen-bond acceptors (Lipinski definition) is 4. The average Bonchev–Trinajstić information content (AvgIpc) is 3.61. The highest BCUT2D eigenvalue weighted by Crippen LogP contribution is 2.40. The van der Waals surface area contributed by atoms with E-state index >= 15 is 0 Å². The zero-order valence-corrected chi connectivity index (χ0v) is 20.0. The van der Waals surface area contributed by atoms with Crippen LogP contribution in [0.1, 0.15) is 33.6 Å². The zero-order valence-electron chi connectivity index (χ0n) is 17.6. The first kappa shape index (κ1) is 23.5. The summed E-state index contributed by atoms with van der Waals surface area (Å²) in [6.07, 6.45) is 3.90. The second-order valence-corrected chi connectivity index (χ2v) is 9.70. The summed E-state index contributed by atoms with van der Waals surface area (Å²) in [6.45, 7) is 0. The topological polar surface area (TPSA) is 76.3 Å². The van der Waals surface area contributed by atoms with Crippen molar-refractivity contribution in [1.29, 1.82) is 0 Å². The van der Waals surface area contributed by atoms with Crippen molar-refractivity contribution >= 4 is 52.6 Å². The normalized spacial score (nSPS) is 13.1. The summed E-state index contributed by atoms with van der Waals surface area (Å²) < 4.78 is 14.4. The van der Waals surface area contributed by atoms with Crippen molar-refractivity contribution in [3.63, 3.8) is 0 Å². The van der Waals surface area contributed by atoms with E-state index in [1.807, 2.05) is 6.07 Å². The largest absolute Gasteiger partial charge is 0.366 e. The number of aromatic nitrogens is 1. The van der Waals surface area contributed by atoms with Crippen molar-refractivity contribution in [2.45, 2.75) is 17.7 Å². The fourth-order valence-electron chi connectivity index (χ4n) is 3.30. The predicted molar refractivity (Wildman–Crippen MR) is 131 cm³/mol. The lowest BCUT2D eigenvalue weighted by molar-refractivity contribution is 0.0984. The third-order valence-electron chi connectivity index (χ3n) is 5.37. The monoisotopic (exact) mass is 503 g/mol. The first-order valence-electron chi connectivity index (χ1n) is 10.2. The fraction of sp³-hybridized carbons (Fsp3) is 0.208. The van der Waals surface area contributed by atoms with E-state index in [0.29, 0.717) is 33.4 Å². The Kier molecular flexibility index (Phi) is 6.93. The van der Waals surface area contributed by atoms with Gasteiger partial charge >= 0.3 is 0 Å². The number of amides is 2. The molecule has 4 rings (SSSR count). The van der Waals surface area contributed by atoms with Crippen LogP contribution >= 0.6 is 35.0 Å². The molecular formula is C24H20Cl2FN3O2S. The molecule has 33 heavy (non-hydrogen) atoms. The van der Waals surface area contributed by atoms with Crippen molar-refractivity contribution in [3.05, 3.63) is 75.7 Å². The molecule has 9 heteroatoms. The number of thioether (sulfide) groups is 1. The van der Waals surface area contributed by atoms with Crippen LogP contribution in [-0.4, -0.2) is 29.6 Å². The number of carbonyl (C=O) groups excluding carboxylic acids is 2. The molecule has 1 heterocycles. The minimum absolute atomic E-state index is 0.0331. The summed E-state index contributed by atoms with van der Waals surface area (Å²) in [5.41, 5.74) is 6.82. The number of nitrogens with two attached hydrogens (primary N) is 1. The molecule has 2 aromatic carbocycles. The fourth-order valence-corrected chi connectivity index (χ4v) is 5.05. The van der Waals surface area contributed by atoms with Gasteiger partial charge in [0.15, 0.2) is 0 Å². The molecule has 0 saturated heterocycles. The summed E-state index contributed by atoms with van der Waals surface area (Å²) >= 11 is 14.1. The van der Waals surface area contributed by atoms with Gasteiger partial charge in [-0.2, -0.15) is 0 Å². The van der Waals surface area contributed by atoms with Crippen molar-refractivity contribution < 1.29 is 14.0 Å². The van der Waals surface area contributed by atoms with Crippen molar-refractivity contribution in [2.75, 3.05) is 17.7 Å². The Morgan fingerprint density at radius 2 is 1.94 bits per heavy atom. The van der Waals surface area contributed by atoms with Crippen LogP contribution < -0.4 is 10.6 Å². The summed E-state index contributed by atoms with van der Waals surface area (Å²) in [7, 11) is 1.54. The van der Waals surface area contributed by atoms with Crippen LogP contribution in [0.3, 0.4) is 0 Å². The minimum atomic E-state index is -0.696. The van der Waals surface area contributed by atoms with Crippen molar-refractivity contribution in [2.24, 2.45) is 11.7 Å². The van der Waals surface area contributed by atoms with E-state index in [-0.39, 0.29) is 10.6 Å². The molecule has 0 spiro atoms. The zero-order chi connectivity index (χ0) is 23.7. The van der Waals surface area contributed by atoms with Crippen LogP contribution in [0.25, 0.3) is 11.1 Å². The Labute approximate surface area is 205 Å². The number of halogens is 3. The van der Waals surface area contributed by atoms with E-state index < -0.39 is 17.6 Å². The molecule has 2 N–H and O–H groups in total. The number of primary amides is 1. The van der Waals surface area contributed by atoms with E-state index in [0.717, 1.165) is 10.6 Å². The average molecular weight is 504 g/mol. The first-order valence-corrected chi connectivity index (χ1v) is 11.9. The van der Waals surface area contributed by atoms with Gasteiger partial charge in [-0.25, -0.2) is 9.37 Å². The highest BCUT2D eigenvalue weighted by atomic mass is 35.5. The lowest BCUT2D eigenvalue weighted by atomic mass is 10.0. The maximum absolute atomic E-state index is 14.4. The number of benzene rings is 2.